The van der Waals surface area contributed by atoms with Crippen LogP contribution in [0.15, 0.2) is 37.1 Å². The van der Waals surface area contributed by atoms with Crippen molar-refractivity contribution >= 4 is 21.7 Å². The second-order valence-electron chi connectivity index (χ2n) is 6.70. The summed E-state index contributed by atoms with van der Waals surface area (Å²) in [5.74, 6) is 0.594. The van der Waals surface area contributed by atoms with Crippen LogP contribution >= 0.6 is 0 Å². The van der Waals surface area contributed by atoms with Crippen LogP contribution < -0.4 is 5.32 Å². The van der Waals surface area contributed by atoms with Crippen LogP contribution in [0.3, 0.4) is 0 Å². The summed E-state index contributed by atoms with van der Waals surface area (Å²) in [6.07, 6.45) is 9.62. The highest BCUT2D eigenvalue weighted by molar-refractivity contribution is 7.89. The molecule has 148 valence electrons. The molecule has 1 unspecified atom stereocenters. The summed E-state index contributed by atoms with van der Waals surface area (Å²) in [6, 6.07) is 1.85. The minimum Gasteiger partial charge on any atom is -0.321 e. The molecule has 3 aromatic heterocycles. The molecule has 4 rings (SSSR count). The molecule has 1 saturated heterocycles. The number of rotatable bonds is 6. The van der Waals surface area contributed by atoms with Gasteiger partial charge < -0.3 is 5.32 Å². The van der Waals surface area contributed by atoms with Gasteiger partial charge in [-0.3, -0.25) is 9.36 Å². The maximum absolute atomic E-state index is 12.1. The van der Waals surface area contributed by atoms with E-state index < -0.39 is 10.0 Å². The second kappa shape index (κ2) is 7.32. The molecule has 0 saturated carbocycles. The Balaban J connectivity index is 1.50. The summed E-state index contributed by atoms with van der Waals surface area (Å²) < 4.78 is 29.2. The Hall–Kier alpha value is -2.79. The summed E-state index contributed by atoms with van der Waals surface area (Å²) in [5, 5.41) is 11.7. The molecule has 0 aliphatic carbocycles. The average molecular weight is 402 g/mol. The Bertz CT molecular complexity index is 1070. The van der Waals surface area contributed by atoms with Crippen molar-refractivity contribution in [2.24, 2.45) is 7.05 Å². The lowest BCUT2D eigenvalue weighted by atomic mass is 10.2. The van der Waals surface area contributed by atoms with Gasteiger partial charge in [-0.05, 0) is 19.4 Å². The van der Waals surface area contributed by atoms with Gasteiger partial charge in [0, 0.05) is 44.3 Å². The van der Waals surface area contributed by atoms with Gasteiger partial charge in [0.15, 0.2) is 0 Å². The van der Waals surface area contributed by atoms with Crippen molar-refractivity contribution in [2.45, 2.75) is 19.4 Å². The van der Waals surface area contributed by atoms with Gasteiger partial charge in [0.25, 0.3) is 0 Å². The number of anilines is 2. The van der Waals surface area contributed by atoms with Gasteiger partial charge in [-0.15, -0.1) is 0 Å². The summed E-state index contributed by atoms with van der Waals surface area (Å²) in [5.41, 5.74) is 2.40. The van der Waals surface area contributed by atoms with E-state index >= 15 is 0 Å². The molecule has 3 aromatic rings. The van der Waals surface area contributed by atoms with E-state index in [-0.39, 0.29) is 11.8 Å². The van der Waals surface area contributed by atoms with Crippen LogP contribution in [0.1, 0.15) is 19.4 Å². The zero-order valence-electron chi connectivity index (χ0n) is 15.7. The first-order chi connectivity index (χ1) is 13.4. The van der Waals surface area contributed by atoms with E-state index in [0.29, 0.717) is 19.0 Å². The van der Waals surface area contributed by atoms with E-state index in [9.17, 15) is 8.42 Å². The molecule has 0 radical (unpaired) electrons. The third kappa shape index (κ3) is 3.76. The monoisotopic (exact) mass is 402 g/mol. The maximum Gasteiger partial charge on any atom is 0.227 e. The van der Waals surface area contributed by atoms with Crippen LogP contribution in [0.2, 0.25) is 0 Å². The number of nitrogens with zero attached hydrogens (tertiary/aromatic N) is 7. The standard InChI is InChI=1S/C17H22N8O2S/c1-3-28(26,27)24-7-5-15(12-24)25-10-13(8-20-25)16-4-6-18-17(22-16)21-14-9-19-23(2)11-14/h4,6,8-11,15H,3,5,7,12H2,1-2H3,(H,18,21,22). The maximum atomic E-state index is 12.1. The highest BCUT2D eigenvalue weighted by Crippen LogP contribution is 2.26. The Kier molecular flexibility index (Phi) is 4.85. The molecular weight excluding hydrogens is 380 g/mol. The van der Waals surface area contributed by atoms with Gasteiger partial charge >= 0.3 is 0 Å². The fraction of sp³-hybridized carbons (Fsp3) is 0.412. The van der Waals surface area contributed by atoms with Crippen LogP contribution in [0.25, 0.3) is 11.3 Å². The third-order valence-electron chi connectivity index (χ3n) is 4.77. The SMILES string of the molecule is CCS(=O)(=O)N1CCC(n2cc(-c3ccnc(Nc4cnn(C)c4)n3)cn2)C1. The molecular formula is C17H22N8O2S. The normalized spacial score (nSPS) is 17.9. The molecule has 10 nitrogen and oxygen atoms in total. The Labute approximate surface area is 163 Å². The number of hydrogen-bond acceptors (Lipinski definition) is 7. The topological polar surface area (TPSA) is 111 Å². The molecule has 0 aromatic carbocycles. The van der Waals surface area contributed by atoms with E-state index in [1.165, 1.54) is 0 Å². The first kappa shape index (κ1) is 18.6. The number of aryl methyl sites for hydroxylation is 1. The predicted octanol–water partition coefficient (Wildman–Crippen LogP) is 1.41. The minimum atomic E-state index is -3.16. The molecule has 1 aliphatic rings. The molecule has 0 bridgehead atoms. The molecule has 0 spiro atoms. The van der Waals surface area contributed by atoms with Crippen LogP contribution in [-0.2, 0) is 17.1 Å². The molecule has 1 N–H and O–H groups in total. The zero-order valence-corrected chi connectivity index (χ0v) is 16.5. The van der Waals surface area contributed by atoms with E-state index in [0.717, 1.165) is 23.4 Å². The van der Waals surface area contributed by atoms with Crippen molar-refractivity contribution < 1.29 is 8.42 Å². The average Bonchev–Trinajstić information content (AvgIpc) is 3.42. The van der Waals surface area contributed by atoms with Crippen molar-refractivity contribution in [1.82, 2.24) is 33.8 Å². The molecule has 28 heavy (non-hydrogen) atoms. The lowest BCUT2D eigenvalue weighted by molar-refractivity contribution is 0.435. The van der Waals surface area contributed by atoms with Crippen LogP contribution in [0, 0.1) is 0 Å². The van der Waals surface area contributed by atoms with E-state index in [4.69, 9.17) is 0 Å². The fourth-order valence-electron chi connectivity index (χ4n) is 3.23. The minimum absolute atomic E-state index is 0.0323. The number of aromatic nitrogens is 6. The number of hydrogen-bond donors (Lipinski definition) is 1. The largest absolute Gasteiger partial charge is 0.321 e. The van der Waals surface area contributed by atoms with Crippen molar-refractivity contribution in [3.8, 4) is 11.3 Å². The third-order valence-corrected chi connectivity index (χ3v) is 6.62. The highest BCUT2D eigenvalue weighted by atomic mass is 32.2. The van der Waals surface area contributed by atoms with Crippen LogP contribution in [0.5, 0.6) is 0 Å². The fourth-order valence-corrected chi connectivity index (χ4v) is 4.37. The second-order valence-corrected chi connectivity index (χ2v) is 8.96. The number of sulfonamides is 1. The number of nitrogens with one attached hydrogen (secondary N) is 1. The van der Waals surface area contributed by atoms with Gasteiger partial charge in [-0.1, -0.05) is 0 Å². The summed E-state index contributed by atoms with van der Waals surface area (Å²) >= 11 is 0. The predicted molar refractivity (Wildman–Crippen MR) is 104 cm³/mol. The lowest BCUT2D eigenvalue weighted by Gasteiger charge is -2.15. The van der Waals surface area contributed by atoms with Crippen molar-refractivity contribution in [3.63, 3.8) is 0 Å². The Morgan fingerprint density at radius 1 is 1.25 bits per heavy atom. The van der Waals surface area contributed by atoms with Crippen molar-refractivity contribution in [2.75, 3.05) is 24.2 Å². The van der Waals surface area contributed by atoms with Crippen LogP contribution in [0.4, 0.5) is 11.6 Å². The van der Waals surface area contributed by atoms with Crippen molar-refractivity contribution in [3.05, 3.63) is 37.1 Å². The van der Waals surface area contributed by atoms with E-state index in [2.05, 4.69) is 25.5 Å². The quantitative estimate of drug-likeness (QED) is 0.664. The van der Waals surface area contributed by atoms with Gasteiger partial charge in [-0.2, -0.15) is 14.5 Å². The highest BCUT2D eigenvalue weighted by Gasteiger charge is 2.31. The molecule has 0 amide bonds. The zero-order chi connectivity index (χ0) is 19.7. The van der Waals surface area contributed by atoms with Gasteiger partial charge in [0.05, 0.1) is 35.6 Å². The molecule has 1 aliphatic heterocycles. The Morgan fingerprint density at radius 3 is 2.86 bits per heavy atom. The molecule has 4 heterocycles. The summed E-state index contributed by atoms with van der Waals surface area (Å²) in [6.45, 7) is 2.65. The first-order valence-electron chi connectivity index (χ1n) is 9.05. The molecule has 11 heteroatoms. The van der Waals surface area contributed by atoms with Gasteiger partial charge in [0.1, 0.15) is 0 Å². The lowest BCUT2D eigenvalue weighted by Crippen LogP contribution is -2.30. The smallest absolute Gasteiger partial charge is 0.227 e. The first-order valence-corrected chi connectivity index (χ1v) is 10.7. The molecule has 1 fully saturated rings. The van der Waals surface area contributed by atoms with Gasteiger partial charge in [-0.25, -0.2) is 18.4 Å². The van der Waals surface area contributed by atoms with Crippen LogP contribution in [-0.4, -0.2) is 61.1 Å². The molecule has 1 atom stereocenters. The summed E-state index contributed by atoms with van der Waals surface area (Å²) in [4.78, 5) is 8.78. The van der Waals surface area contributed by atoms with Crippen molar-refractivity contribution in [1.29, 1.82) is 0 Å². The van der Waals surface area contributed by atoms with Gasteiger partial charge in [0.2, 0.25) is 16.0 Å². The van der Waals surface area contributed by atoms with E-state index in [1.807, 2.05) is 30.2 Å². The summed E-state index contributed by atoms with van der Waals surface area (Å²) in [7, 11) is -1.32. The Morgan fingerprint density at radius 2 is 2.11 bits per heavy atom. The van der Waals surface area contributed by atoms with E-state index in [1.54, 1.807) is 34.5 Å².